The molecule has 7 heteroatoms. The van der Waals surface area contributed by atoms with Crippen molar-refractivity contribution in [2.24, 2.45) is 0 Å². The van der Waals surface area contributed by atoms with Crippen LogP contribution in [-0.2, 0) is 16.1 Å². The standard InChI is InChI=1S/C11H16N4O3/c1-8-2-3-9(11(17)18)15(8)10(16)4-5-14-7-12-6-13-14/h6-9H,2-5H2,1H3,(H,17,18)/t8-,9-/m1/s1. The highest BCUT2D eigenvalue weighted by Crippen LogP contribution is 2.24. The second-order valence-electron chi connectivity index (χ2n) is 4.49. The first-order valence-electron chi connectivity index (χ1n) is 5.96. The minimum Gasteiger partial charge on any atom is -0.480 e. The van der Waals surface area contributed by atoms with Crippen LogP contribution in [0.25, 0.3) is 0 Å². The van der Waals surface area contributed by atoms with Gasteiger partial charge in [0.15, 0.2) is 0 Å². The fourth-order valence-corrected chi connectivity index (χ4v) is 2.33. The molecule has 1 aromatic heterocycles. The fraction of sp³-hybridized carbons (Fsp3) is 0.636. The predicted octanol–water partition coefficient (Wildman–Crippen LogP) is 0.132. The van der Waals surface area contributed by atoms with E-state index in [-0.39, 0.29) is 18.4 Å². The number of hydrogen-bond donors (Lipinski definition) is 1. The van der Waals surface area contributed by atoms with Gasteiger partial charge in [0, 0.05) is 12.5 Å². The average Bonchev–Trinajstić information content (AvgIpc) is 2.94. The van der Waals surface area contributed by atoms with Crippen molar-refractivity contribution in [1.29, 1.82) is 0 Å². The minimum absolute atomic E-state index is 0.00523. The summed E-state index contributed by atoms with van der Waals surface area (Å²) in [6.45, 7) is 2.31. The van der Waals surface area contributed by atoms with Gasteiger partial charge in [0.25, 0.3) is 0 Å². The fourth-order valence-electron chi connectivity index (χ4n) is 2.33. The van der Waals surface area contributed by atoms with Crippen LogP contribution in [0.3, 0.4) is 0 Å². The Kier molecular flexibility index (Phi) is 3.59. The maximum Gasteiger partial charge on any atom is 0.326 e. The third kappa shape index (κ3) is 2.49. The number of hydrogen-bond acceptors (Lipinski definition) is 4. The highest BCUT2D eigenvalue weighted by atomic mass is 16.4. The van der Waals surface area contributed by atoms with Crippen LogP contribution in [0.2, 0.25) is 0 Å². The van der Waals surface area contributed by atoms with Crippen molar-refractivity contribution >= 4 is 11.9 Å². The van der Waals surface area contributed by atoms with E-state index in [1.165, 1.54) is 17.6 Å². The molecule has 2 atom stereocenters. The molecule has 0 saturated carbocycles. The number of carboxylic acids is 1. The van der Waals surface area contributed by atoms with Crippen molar-refractivity contribution in [2.75, 3.05) is 0 Å². The van der Waals surface area contributed by atoms with Gasteiger partial charge in [-0.3, -0.25) is 9.48 Å². The van der Waals surface area contributed by atoms with Gasteiger partial charge in [-0.05, 0) is 19.8 Å². The molecule has 0 unspecified atom stereocenters. The number of rotatable bonds is 4. The molecule has 1 saturated heterocycles. The first kappa shape index (κ1) is 12.5. The van der Waals surface area contributed by atoms with E-state index in [2.05, 4.69) is 10.1 Å². The number of carbonyl (C=O) groups is 2. The van der Waals surface area contributed by atoms with Crippen molar-refractivity contribution in [2.45, 2.75) is 44.8 Å². The molecule has 0 spiro atoms. The van der Waals surface area contributed by atoms with Crippen LogP contribution < -0.4 is 0 Å². The normalized spacial score (nSPS) is 23.3. The summed E-state index contributed by atoms with van der Waals surface area (Å²) in [7, 11) is 0. The molecule has 0 radical (unpaired) electrons. The van der Waals surface area contributed by atoms with Gasteiger partial charge in [0.2, 0.25) is 5.91 Å². The molecule has 1 aromatic rings. The van der Waals surface area contributed by atoms with Crippen LogP contribution in [0.5, 0.6) is 0 Å². The van der Waals surface area contributed by atoms with Gasteiger partial charge in [-0.25, -0.2) is 9.78 Å². The Morgan fingerprint density at radius 1 is 1.44 bits per heavy atom. The van der Waals surface area contributed by atoms with Crippen LogP contribution in [0, 0.1) is 0 Å². The summed E-state index contributed by atoms with van der Waals surface area (Å²) < 4.78 is 1.56. The molecule has 18 heavy (non-hydrogen) atoms. The summed E-state index contributed by atoms with van der Waals surface area (Å²) in [5.41, 5.74) is 0. The topological polar surface area (TPSA) is 88.3 Å². The number of amides is 1. The summed E-state index contributed by atoms with van der Waals surface area (Å²) in [6, 6.07) is -0.683. The molecule has 1 amide bonds. The zero-order valence-corrected chi connectivity index (χ0v) is 10.2. The molecular formula is C11H16N4O3. The Labute approximate surface area is 104 Å². The number of nitrogens with zero attached hydrogens (tertiary/aromatic N) is 4. The van der Waals surface area contributed by atoms with Crippen molar-refractivity contribution in [3.63, 3.8) is 0 Å². The minimum atomic E-state index is -0.923. The van der Waals surface area contributed by atoms with Gasteiger partial charge in [0.05, 0.1) is 6.54 Å². The summed E-state index contributed by atoms with van der Waals surface area (Å²) >= 11 is 0. The van der Waals surface area contributed by atoms with Crippen molar-refractivity contribution < 1.29 is 14.7 Å². The largest absolute Gasteiger partial charge is 0.480 e. The summed E-state index contributed by atoms with van der Waals surface area (Å²) in [5, 5.41) is 13.0. The summed E-state index contributed by atoms with van der Waals surface area (Å²) in [4.78, 5) is 28.4. The molecule has 1 aliphatic heterocycles. The van der Waals surface area contributed by atoms with E-state index in [0.717, 1.165) is 6.42 Å². The van der Waals surface area contributed by atoms with Crippen molar-refractivity contribution in [1.82, 2.24) is 19.7 Å². The van der Waals surface area contributed by atoms with Crippen LogP contribution >= 0.6 is 0 Å². The quantitative estimate of drug-likeness (QED) is 0.823. The molecule has 7 nitrogen and oxygen atoms in total. The first-order valence-corrected chi connectivity index (χ1v) is 5.96. The van der Waals surface area contributed by atoms with E-state index >= 15 is 0 Å². The predicted molar refractivity (Wildman–Crippen MR) is 61.6 cm³/mol. The zero-order chi connectivity index (χ0) is 13.1. The van der Waals surface area contributed by atoms with E-state index in [0.29, 0.717) is 13.0 Å². The Balaban J connectivity index is 1.96. The maximum absolute atomic E-state index is 12.1. The van der Waals surface area contributed by atoms with Gasteiger partial charge in [-0.2, -0.15) is 5.10 Å². The second-order valence-corrected chi connectivity index (χ2v) is 4.49. The molecule has 1 fully saturated rings. The molecule has 0 aliphatic carbocycles. The first-order chi connectivity index (χ1) is 8.59. The second kappa shape index (κ2) is 5.16. The molecular weight excluding hydrogens is 236 g/mol. The lowest BCUT2D eigenvalue weighted by Crippen LogP contribution is -2.44. The molecule has 98 valence electrons. The molecule has 0 aromatic carbocycles. The van der Waals surface area contributed by atoms with Gasteiger partial charge in [-0.15, -0.1) is 0 Å². The molecule has 0 bridgehead atoms. The van der Waals surface area contributed by atoms with Gasteiger partial charge < -0.3 is 10.0 Å². The number of likely N-dealkylation sites (tertiary alicyclic amines) is 1. The zero-order valence-electron chi connectivity index (χ0n) is 10.2. The van der Waals surface area contributed by atoms with Crippen LogP contribution in [0.1, 0.15) is 26.2 Å². The van der Waals surface area contributed by atoms with Gasteiger partial charge in [-0.1, -0.05) is 0 Å². The van der Waals surface area contributed by atoms with Crippen LogP contribution in [-0.4, -0.2) is 48.7 Å². The van der Waals surface area contributed by atoms with Crippen molar-refractivity contribution in [3.8, 4) is 0 Å². The summed E-state index contributed by atoms with van der Waals surface area (Å²) in [5.74, 6) is -1.06. The van der Waals surface area contributed by atoms with Gasteiger partial charge >= 0.3 is 5.97 Å². The number of aromatic nitrogens is 3. The van der Waals surface area contributed by atoms with Crippen LogP contribution in [0.15, 0.2) is 12.7 Å². The van der Waals surface area contributed by atoms with E-state index < -0.39 is 12.0 Å². The van der Waals surface area contributed by atoms with E-state index in [1.54, 1.807) is 4.68 Å². The van der Waals surface area contributed by atoms with Crippen molar-refractivity contribution in [3.05, 3.63) is 12.7 Å². The third-order valence-electron chi connectivity index (χ3n) is 3.26. The van der Waals surface area contributed by atoms with Crippen LogP contribution in [0.4, 0.5) is 0 Å². The van der Waals surface area contributed by atoms with E-state index in [9.17, 15) is 9.59 Å². The number of carbonyl (C=O) groups excluding carboxylic acids is 1. The average molecular weight is 252 g/mol. The highest BCUT2D eigenvalue weighted by Gasteiger charge is 2.38. The Bertz CT molecular complexity index is 432. The number of aryl methyl sites for hydroxylation is 1. The van der Waals surface area contributed by atoms with Gasteiger partial charge in [0.1, 0.15) is 18.7 Å². The number of carboxylic acid groups (broad SMARTS) is 1. The molecule has 1 N–H and O–H groups in total. The Hall–Kier alpha value is -1.92. The Morgan fingerprint density at radius 2 is 2.22 bits per heavy atom. The Morgan fingerprint density at radius 3 is 2.83 bits per heavy atom. The molecule has 1 aliphatic rings. The molecule has 2 rings (SSSR count). The third-order valence-corrected chi connectivity index (χ3v) is 3.26. The smallest absolute Gasteiger partial charge is 0.326 e. The lowest BCUT2D eigenvalue weighted by Gasteiger charge is -2.26. The number of aliphatic carboxylic acids is 1. The SMILES string of the molecule is C[C@@H]1CC[C@H](C(=O)O)N1C(=O)CCn1cncn1. The lowest BCUT2D eigenvalue weighted by atomic mass is 10.2. The van der Waals surface area contributed by atoms with E-state index in [1.807, 2.05) is 6.92 Å². The van der Waals surface area contributed by atoms with E-state index in [4.69, 9.17) is 5.11 Å². The lowest BCUT2D eigenvalue weighted by molar-refractivity contribution is -0.149. The molecule has 2 heterocycles. The highest BCUT2D eigenvalue weighted by molar-refractivity contribution is 5.84. The summed E-state index contributed by atoms with van der Waals surface area (Å²) in [6.07, 6.45) is 4.47. The monoisotopic (exact) mass is 252 g/mol. The maximum atomic E-state index is 12.1.